The first-order valence-corrected chi connectivity index (χ1v) is 7.32. The third-order valence-corrected chi connectivity index (χ3v) is 4.25. The highest BCUT2D eigenvalue weighted by Gasteiger charge is 2.34. The van der Waals surface area contributed by atoms with Crippen LogP contribution in [0.25, 0.3) is 5.65 Å². The van der Waals surface area contributed by atoms with Crippen molar-refractivity contribution in [2.24, 2.45) is 0 Å². The highest BCUT2D eigenvalue weighted by molar-refractivity contribution is 5.94. The van der Waals surface area contributed by atoms with E-state index in [0.717, 1.165) is 18.5 Å². The van der Waals surface area contributed by atoms with Crippen LogP contribution >= 0.6 is 0 Å². The second kappa shape index (κ2) is 4.66. The van der Waals surface area contributed by atoms with Crippen LogP contribution in [0.5, 0.6) is 0 Å². The van der Waals surface area contributed by atoms with E-state index in [9.17, 15) is 4.79 Å². The minimum Gasteiger partial charge on any atom is -0.346 e. The van der Waals surface area contributed by atoms with Crippen molar-refractivity contribution in [1.29, 1.82) is 0 Å². The van der Waals surface area contributed by atoms with Crippen LogP contribution in [0, 0.1) is 0 Å². The molecule has 0 spiro atoms. The highest BCUT2D eigenvalue weighted by Crippen LogP contribution is 2.29. The number of aromatic nitrogens is 3. The van der Waals surface area contributed by atoms with Gasteiger partial charge in [0.1, 0.15) is 6.33 Å². The summed E-state index contributed by atoms with van der Waals surface area (Å²) in [5, 5.41) is 11.0. The largest absolute Gasteiger partial charge is 0.346 e. The van der Waals surface area contributed by atoms with Crippen molar-refractivity contribution in [3.63, 3.8) is 0 Å². The maximum atomic E-state index is 12.6. The van der Waals surface area contributed by atoms with E-state index in [1.54, 1.807) is 29.1 Å². The number of hydrogen-bond donors (Lipinski definition) is 1. The van der Waals surface area contributed by atoms with Gasteiger partial charge < -0.3 is 5.32 Å². The van der Waals surface area contributed by atoms with Gasteiger partial charge in [-0.2, -0.15) is 0 Å². The van der Waals surface area contributed by atoms with Crippen molar-refractivity contribution in [2.45, 2.75) is 25.3 Å². The van der Waals surface area contributed by atoms with E-state index in [1.807, 2.05) is 12.1 Å². The molecule has 1 aliphatic rings. The first-order valence-electron chi connectivity index (χ1n) is 7.32. The Morgan fingerprint density at radius 3 is 2.64 bits per heavy atom. The summed E-state index contributed by atoms with van der Waals surface area (Å²) in [5.41, 5.74) is 3.75. The molecule has 0 radical (unpaired) electrons. The summed E-state index contributed by atoms with van der Waals surface area (Å²) in [7, 11) is 0. The zero-order valence-electron chi connectivity index (χ0n) is 12.3. The number of nitrogens with zero attached hydrogens (tertiary/aromatic N) is 3. The van der Waals surface area contributed by atoms with Gasteiger partial charge in [0.25, 0.3) is 5.91 Å². The fraction of sp³-hybridized carbons (Fsp3) is 0.235. The molecule has 5 heteroatoms. The van der Waals surface area contributed by atoms with Crippen LogP contribution in [0.1, 0.15) is 28.4 Å². The Morgan fingerprint density at radius 2 is 1.91 bits per heavy atom. The molecule has 0 atom stereocenters. The number of amides is 1. The molecule has 1 amide bonds. The number of nitrogens with one attached hydrogen (secondary N) is 1. The standard InChI is InChI=1S/C17H16N4O/c1-17(8-12-4-2-3-5-13(12)9-17)19-16(22)14-6-7-15-20-18-11-21(15)10-14/h2-7,10-11H,8-9H2,1H3,(H,19,22). The normalized spacial score (nSPS) is 15.7. The van der Waals surface area contributed by atoms with Crippen molar-refractivity contribution >= 4 is 11.6 Å². The van der Waals surface area contributed by atoms with Crippen molar-refractivity contribution in [2.75, 3.05) is 0 Å². The smallest absolute Gasteiger partial charge is 0.253 e. The van der Waals surface area contributed by atoms with Gasteiger partial charge in [0, 0.05) is 11.7 Å². The summed E-state index contributed by atoms with van der Waals surface area (Å²) in [6.45, 7) is 2.10. The van der Waals surface area contributed by atoms with Gasteiger partial charge in [-0.25, -0.2) is 0 Å². The molecule has 0 aliphatic heterocycles. The number of carbonyl (C=O) groups is 1. The topological polar surface area (TPSA) is 59.3 Å². The van der Waals surface area contributed by atoms with Gasteiger partial charge in [-0.3, -0.25) is 9.20 Å². The lowest BCUT2D eigenvalue weighted by molar-refractivity contribution is 0.0909. The van der Waals surface area contributed by atoms with Crippen LogP contribution in [0.3, 0.4) is 0 Å². The second-order valence-corrected chi connectivity index (χ2v) is 6.15. The second-order valence-electron chi connectivity index (χ2n) is 6.15. The molecule has 0 fully saturated rings. The van der Waals surface area contributed by atoms with E-state index in [2.05, 4.69) is 34.6 Å². The Morgan fingerprint density at radius 1 is 1.18 bits per heavy atom. The van der Waals surface area contributed by atoms with Crippen LogP contribution < -0.4 is 5.32 Å². The summed E-state index contributed by atoms with van der Waals surface area (Å²) in [6.07, 6.45) is 5.09. The average Bonchev–Trinajstić information content (AvgIpc) is 3.08. The quantitative estimate of drug-likeness (QED) is 0.786. The third-order valence-electron chi connectivity index (χ3n) is 4.25. The molecule has 5 nitrogen and oxygen atoms in total. The van der Waals surface area contributed by atoms with Gasteiger partial charge in [-0.1, -0.05) is 24.3 Å². The molecule has 0 bridgehead atoms. The van der Waals surface area contributed by atoms with E-state index in [1.165, 1.54) is 11.1 Å². The predicted octanol–water partition coefficient (Wildman–Crippen LogP) is 2.02. The molecule has 110 valence electrons. The molecule has 4 rings (SSSR count). The van der Waals surface area contributed by atoms with Gasteiger partial charge in [-0.05, 0) is 43.0 Å². The number of fused-ring (bicyclic) bond motifs is 2. The molecule has 1 aliphatic carbocycles. The van der Waals surface area contributed by atoms with Crippen LogP contribution in [0.2, 0.25) is 0 Å². The SMILES string of the molecule is CC1(NC(=O)c2ccc3nncn3c2)Cc2ccccc2C1. The molecule has 2 heterocycles. The minimum absolute atomic E-state index is 0.0640. The van der Waals surface area contributed by atoms with Crippen molar-refractivity contribution in [1.82, 2.24) is 19.9 Å². The molecule has 0 unspecified atom stereocenters. The maximum Gasteiger partial charge on any atom is 0.253 e. The lowest BCUT2D eigenvalue weighted by Gasteiger charge is -2.25. The lowest BCUT2D eigenvalue weighted by atomic mass is 9.98. The summed E-state index contributed by atoms with van der Waals surface area (Å²) < 4.78 is 1.75. The molecule has 0 saturated heterocycles. The van der Waals surface area contributed by atoms with Crippen molar-refractivity contribution in [3.05, 3.63) is 65.6 Å². The van der Waals surface area contributed by atoms with Gasteiger partial charge in [0.15, 0.2) is 5.65 Å². The van der Waals surface area contributed by atoms with E-state index in [0.29, 0.717) is 5.56 Å². The average molecular weight is 292 g/mol. The number of benzene rings is 1. The molecular formula is C17H16N4O. The number of hydrogen-bond acceptors (Lipinski definition) is 3. The van der Waals surface area contributed by atoms with Gasteiger partial charge in [0.2, 0.25) is 0 Å². The van der Waals surface area contributed by atoms with Gasteiger partial charge in [0.05, 0.1) is 5.56 Å². The summed E-state index contributed by atoms with van der Waals surface area (Å²) in [5.74, 6) is -0.0640. The first-order chi connectivity index (χ1) is 10.6. The zero-order chi connectivity index (χ0) is 15.2. The summed E-state index contributed by atoms with van der Waals surface area (Å²) in [4.78, 5) is 12.6. The maximum absolute atomic E-state index is 12.6. The van der Waals surface area contributed by atoms with Crippen LogP contribution in [-0.2, 0) is 12.8 Å². The van der Waals surface area contributed by atoms with Gasteiger partial charge >= 0.3 is 0 Å². The molecule has 1 aromatic carbocycles. The highest BCUT2D eigenvalue weighted by atomic mass is 16.1. The monoisotopic (exact) mass is 292 g/mol. The van der Waals surface area contributed by atoms with E-state index >= 15 is 0 Å². The molecule has 2 aromatic heterocycles. The number of carbonyl (C=O) groups excluding carboxylic acids is 1. The molecule has 22 heavy (non-hydrogen) atoms. The molecule has 3 aromatic rings. The van der Waals surface area contributed by atoms with Crippen molar-refractivity contribution < 1.29 is 4.79 Å². The number of rotatable bonds is 2. The predicted molar refractivity (Wildman–Crippen MR) is 82.7 cm³/mol. The van der Waals surface area contributed by atoms with E-state index in [-0.39, 0.29) is 11.4 Å². The molecular weight excluding hydrogens is 276 g/mol. The summed E-state index contributed by atoms with van der Waals surface area (Å²) >= 11 is 0. The van der Waals surface area contributed by atoms with E-state index < -0.39 is 0 Å². The Kier molecular flexibility index (Phi) is 2.76. The third kappa shape index (κ3) is 2.15. The van der Waals surface area contributed by atoms with Crippen LogP contribution in [0.4, 0.5) is 0 Å². The zero-order valence-corrected chi connectivity index (χ0v) is 12.3. The Labute approximate surface area is 128 Å². The van der Waals surface area contributed by atoms with Crippen LogP contribution in [-0.4, -0.2) is 26.0 Å². The minimum atomic E-state index is -0.233. The van der Waals surface area contributed by atoms with Crippen molar-refractivity contribution in [3.8, 4) is 0 Å². The Bertz CT molecular complexity index is 843. The molecule has 1 N–H and O–H groups in total. The van der Waals surface area contributed by atoms with Crippen LogP contribution in [0.15, 0.2) is 48.9 Å². The van der Waals surface area contributed by atoms with E-state index in [4.69, 9.17) is 0 Å². The fourth-order valence-corrected chi connectivity index (χ4v) is 3.20. The Balaban J connectivity index is 1.57. The van der Waals surface area contributed by atoms with Gasteiger partial charge in [-0.15, -0.1) is 10.2 Å². The Hall–Kier alpha value is -2.69. The lowest BCUT2D eigenvalue weighted by Crippen LogP contribution is -2.46. The number of pyridine rings is 1. The summed E-state index contributed by atoms with van der Waals surface area (Å²) in [6, 6.07) is 11.9. The molecule has 0 saturated carbocycles. The first kappa shape index (κ1) is 13.0. The fourth-order valence-electron chi connectivity index (χ4n) is 3.20.